The Hall–Kier alpha value is -2.82. The molecule has 2 aromatic carbocycles. The minimum atomic E-state index is -0.764. The summed E-state index contributed by atoms with van der Waals surface area (Å²) in [6.07, 6.45) is 1.31. The highest BCUT2D eigenvalue weighted by Gasteiger charge is 2.23. The van der Waals surface area contributed by atoms with Crippen molar-refractivity contribution in [2.24, 2.45) is 0 Å². The minimum absolute atomic E-state index is 0.257. The van der Waals surface area contributed by atoms with E-state index in [1.165, 1.54) is 5.56 Å². The SMILES string of the molecule is CCOC(=O)C(Cc1ccc(CC)cc1)NC(=O)c1ccccc1N. The molecule has 0 aliphatic rings. The molecule has 0 aliphatic heterocycles. The third kappa shape index (κ3) is 5.08. The fourth-order valence-electron chi connectivity index (χ4n) is 2.52. The number of carbonyl (C=O) groups is 2. The Balaban J connectivity index is 2.16. The van der Waals surface area contributed by atoms with Crippen LogP contribution in [0, 0.1) is 0 Å². The van der Waals surface area contributed by atoms with Crippen LogP contribution < -0.4 is 11.1 Å². The maximum atomic E-state index is 12.5. The van der Waals surface area contributed by atoms with Crippen molar-refractivity contribution in [1.82, 2.24) is 5.32 Å². The zero-order chi connectivity index (χ0) is 18.2. The van der Waals surface area contributed by atoms with Gasteiger partial charge in [-0.2, -0.15) is 0 Å². The van der Waals surface area contributed by atoms with E-state index in [0.29, 0.717) is 17.7 Å². The van der Waals surface area contributed by atoms with E-state index in [2.05, 4.69) is 12.2 Å². The Bertz CT molecular complexity index is 726. The fraction of sp³-hybridized carbons (Fsp3) is 0.300. The number of ether oxygens (including phenoxy) is 1. The number of benzene rings is 2. The van der Waals surface area contributed by atoms with Crippen molar-refractivity contribution in [3.05, 3.63) is 65.2 Å². The van der Waals surface area contributed by atoms with Gasteiger partial charge in [-0.25, -0.2) is 4.79 Å². The van der Waals surface area contributed by atoms with Gasteiger partial charge in [0.2, 0.25) is 0 Å². The van der Waals surface area contributed by atoms with E-state index >= 15 is 0 Å². The van der Waals surface area contributed by atoms with E-state index in [-0.39, 0.29) is 12.5 Å². The molecule has 132 valence electrons. The molecule has 0 aromatic heterocycles. The van der Waals surface area contributed by atoms with Gasteiger partial charge >= 0.3 is 5.97 Å². The van der Waals surface area contributed by atoms with Gasteiger partial charge in [-0.15, -0.1) is 0 Å². The smallest absolute Gasteiger partial charge is 0.328 e. The number of rotatable bonds is 7. The monoisotopic (exact) mass is 340 g/mol. The summed E-state index contributed by atoms with van der Waals surface area (Å²) in [5, 5.41) is 2.74. The normalized spacial score (nSPS) is 11.6. The molecule has 0 spiro atoms. The standard InChI is InChI=1S/C20H24N2O3/c1-3-14-9-11-15(12-10-14)13-18(20(24)25-4-2)22-19(23)16-7-5-6-8-17(16)21/h5-12,18H,3-4,13,21H2,1-2H3,(H,22,23). The van der Waals surface area contributed by atoms with Crippen molar-refractivity contribution >= 4 is 17.6 Å². The zero-order valence-electron chi connectivity index (χ0n) is 14.6. The van der Waals surface area contributed by atoms with Crippen LogP contribution in [0.2, 0.25) is 0 Å². The van der Waals surface area contributed by atoms with Crippen molar-refractivity contribution in [3.8, 4) is 0 Å². The van der Waals surface area contributed by atoms with E-state index in [9.17, 15) is 9.59 Å². The van der Waals surface area contributed by atoms with Crippen molar-refractivity contribution in [2.45, 2.75) is 32.7 Å². The van der Waals surface area contributed by atoms with Gasteiger partial charge in [0.25, 0.3) is 5.91 Å². The Labute approximate surface area is 148 Å². The number of aryl methyl sites for hydroxylation is 1. The molecule has 0 radical (unpaired) electrons. The molecular weight excluding hydrogens is 316 g/mol. The molecular formula is C20H24N2O3. The van der Waals surface area contributed by atoms with Crippen LogP contribution in [0.3, 0.4) is 0 Å². The summed E-state index contributed by atoms with van der Waals surface area (Å²) in [6.45, 7) is 4.08. The molecule has 2 rings (SSSR count). The lowest BCUT2D eigenvalue weighted by Gasteiger charge is -2.18. The predicted octanol–water partition coefficient (Wildman–Crippen LogP) is 2.74. The molecule has 0 bridgehead atoms. The Morgan fingerprint density at radius 2 is 1.68 bits per heavy atom. The van der Waals surface area contributed by atoms with Crippen LogP contribution in [0.15, 0.2) is 48.5 Å². The summed E-state index contributed by atoms with van der Waals surface area (Å²) < 4.78 is 5.10. The summed E-state index contributed by atoms with van der Waals surface area (Å²) >= 11 is 0. The molecule has 5 nitrogen and oxygen atoms in total. The maximum absolute atomic E-state index is 12.5. The fourth-order valence-corrected chi connectivity index (χ4v) is 2.52. The van der Waals surface area contributed by atoms with Gasteiger partial charge in [0.05, 0.1) is 12.2 Å². The number of amides is 1. The summed E-state index contributed by atoms with van der Waals surface area (Å²) in [5.41, 5.74) is 8.73. The average molecular weight is 340 g/mol. The Kier molecular flexibility index (Phi) is 6.57. The van der Waals surface area contributed by atoms with Gasteiger partial charge in [-0.05, 0) is 36.6 Å². The number of nitrogens with two attached hydrogens (primary N) is 1. The molecule has 0 saturated carbocycles. The highest BCUT2D eigenvalue weighted by Crippen LogP contribution is 2.13. The quantitative estimate of drug-likeness (QED) is 0.600. The molecule has 2 aromatic rings. The topological polar surface area (TPSA) is 81.4 Å². The highest BCUT2D eigenvalue weighted by molar-refractivity contribution is 6.00. The number of anilines is 1. The van der Waals surface area contributed by atoms with Gasteiger partial charge in [0.15, 0.2) is 0 Å². The van der Waals surface area contributed by atoms with Crippen LogP contribution in [0.4, 0.5) is 5.69 Å². The third-order valence-electron chi connectivity index (χ3n) is 3.95. The number of carbonyl (C=O) groups excluding carboxylic acids is 2. The van der Waals surface area contributed by atoms with Gasteiger partial charge < -0.3 is 15.8 Å². The van der Waals surface area contributed by atoms with Gasteiger partial charge in [0.1, 0.15) is 6.04 Å². The summed E-state index contributed by atoms with van der Waals surface area (Å²) in [6, 6.07) is 14.0. The highest BCUT2D eigenvalue weighted by atomic mass is 16.5. The molecule has 1 amide bonds. The molecule has 3 N–H and O–H groups in total. The number of nitrogens with one attached hydrogen (secondary N) is 1. The van der Waals surface area contributed by atoms with Gasteiger partial charge in [-0.1, -0.05) is 43.3 Å². The van der Waals surface area contributed by atoms with E-state index in [1.807, 2.05) is 24.3 Å². The third-order valence-corrected chi connectivity index (χ3v) is 3.95. The second-order valence-corrected chi connectivity index (χ2v) is 5.74. The van der Waals surface area contributed by atoms with Crippen LogP contribution in [0.1, 0.15) is 35.3 Å². The van der Waals surface area contributed by atoms with Gasteiger partial charge in [0, 0.05) is 12.1 Å². The first-order valence-corrected chi connectivity index (χ1v) is 8.45. The molecule has 1 atom stereocenters. The van der Waals surface area contributed by atoms with Crippen LogP contribution in [-0.4, -0.2) is 24.5 Å². The molecule has 1 unspecified atom stereocenters. The van der Waals surface area contributed by atoms with Crippen molar-refractivity contribution in [2.75, 3.05) is 12.3 Å². The molecule has 25 heavy (non-hydrogen) atoms. The summed E-state index contributed by atoms with van der Waals surface area (Å²) in [4.78, 5) is 24.7. The molecule has 0 fully saturated rings. The van der Waals surface area contributed by atoms with Crippen molar-refractivity contribution in [1.29, 1.82) is 0 Å². The van der Waals surface area contributed by atoms with Crippen LogP contribution in [0.25, 0.3) is 0 Å². The number of nitrogen functional groups attached to an aromatic ring is 1. The first-order valence-electron chi connectivity index (χ1n) is 8.45. The number of esters is 1. The van der Waals surface area contributed by atoms with Crippen LogP contribution >= 0.6 is 0 Å². The van der Waals surface area contributed by atoms with E-state index < -0.39 is 12.0 Å². The lowest BCUT2D eigenvalue weighted by atomic mass is 10.0. The van der Waals surface area contributed by atoms with E-state index in [1.54, 1.807) is 31.2 Å². The first-order chi connectivity index (χ1) is 12.0. The predicted molar refractivity (Wildman–Crippen MR) is 98.3 cm³/mol. The molecule has 0 aliphatic carbocycles. The van der Waals surface area contributed by atoms with Gasteiger partial charge in [-0.3, -0.25) is 4.79 Å². The number of hydrogen-bond donors (Lipinski definition) is 2. The average Bonchev–Trinajstić information content (AvgIpc) is 2.62. The minimum Gasteiger partial charge on any atom is -0.464 e. The Morgan fingerprint density at radius 1 is 1.04 bits per heavy atom. The summed E-state index contributed by atoms with van der Waals surface area (Å²) in [7, 11) is 0. The maximum Gasteiger partial charge on any atom is 0.328 e. The molecule has 0 saturated heterocycles. The Morgan fingerprint density at radius 3 is 2.28 bits per heavy atom. The summed E-state index contributed by atoms with van der Waals surface area (Å²) in [5.74, 6) is -0.841. The van der Waals surface area contributed by atoms with E-state index in [4.69, 9.17) is 10.5 Å². The molecule has 5 heteroatoms. The van der Waals surface area contributed by atoms with Crippen LogP contribution in [-0.2, 0) is 22.4 Å². The van der Waals surface area contributed by atoms with Crippen molar-refractivity contribution < 1.29 is 14.3 Å². The second-order valence-electron chi connectivity index (χ2n) is 5.74. The largest absolute Gasteiger partial charge is 0.464 e. The lowest BCUT2D eigenvalue weighted by molar-refractivity contribution is -0.145. The number of hydrogen-bond acceptors (Lipinski definition) is 4. The second kappa shape index (κ2) is 8.87. The number of para-hydroxylation sites is 1. The van der Waals surface area contributed by atoms with E-state index in [0.717, 1.165) is 12.0 Å². The lowest BCUT2D eigenvalue weighted by Crippen LogP contribution is -2.43. The molecule has 0 heterocycles. The van der Waals surface area contributed by atoms with Crippen LogP contribution in [0.5, 0.6) is 0 Å². The van der Waals surface area contributed by atoms with Crippen molar-refractivity contribution in [3.63, 3.8) is 0 Å². The zero-order valence-corrected chi connectivity index (χ0v) is 14.6. The first kappa shape index (κ1) is 18.5.